The lowest BCUT2D eigenvalue weighted by molar-refractivity contribution is 1.90. The fraction of sp³-hybridized carbons (Fsp3) is 0. The van der Waals surface area contributed by atoms with Crippen LogP contribution in [0.25, 0.3) is 0 Å². The van der Waals surface area contributed by atoms with Crippen molar-refractivity contribution in [2.45, 2.75) is 0 Å². The Morgan fingerprint density at radius 2 is 0.500 bits per heavy atom. The number of hydrogen-bond donors (Lipinski definition) is 0. The van der Waals surface area contributed by atoms with Gasteiger partial charge in [0.05, 0.1) is 0 Å². The maximum absolute atomic E-state index is 2.93. The van der Waals surface area contributed by atoms with Crippen LogP contribution in [-0.4, -0.2) is 0 Å². The smallest absolute Gasteiger partial charge is 0.0122 e. The fourth-order valence-electron chi connectivity index (χ4n) is 0.607. The molecule has 0 nitrogen and oxygen atoms in total. The van der Waals surface area contributed by atoms with Crippen molar-refractivity contribution in [1.82, 2.24) is 0 Å². The molecule has 0 unspecified atom stereocenters. The van der Waals surface area contributed by atoms with Gasteiger partial charge in [-0.25, -0.2) is 0 Å². The summed E-state index contributed by atoms with van der Waals surface area (Å²) in [4.78, 5) is 0. The average molecular weight is 152 g/mol. The lowest BCUT2D eigenvalue weighted by Crippen LogP contribution is -1.46. The molecule has 0 heteroatoms. The van der Waals surface area contributed by atoms with E-state index in [4.69, 9.17) is 0 Å². The summed E-state index contributed by atoms with van der Waals surface area (Å²) < 4.78 is 0. The summed E-state index contributed by atoms with van der Waals surface area (Å²) in [5, 5.41) is 0. The van der Waals surface area contributed by atoms with Crippen LogP contribution in [0.3, 0.4) is 0 Å². The van der Waals surface area contributed by atoms with E-state index in [0.717, 1.165) is 0 Å². The first-order valence-corrected chi connectivity index (χ1v) is 3.64. The minimum absolute atomic E-state index is 1.79. The first kappa shape index (κ1) is 8.18. The highest BCUT2D eigenvalue weighted by atomic mass is 13.6. The van der Waals surface area contributed by atoms with E-state index in [1.54, 1.807) is 48.6 Å². The van der Waals surface area contributed by atoms with Crippen molar-refractivity contribution in [3.05, 3.63) is 71.5 Å². The first-order chi connectivity index (χ1) is 6.00. The maximum Gasteiger partial charge on any atom is -0.0122 e. The number of hydrogen-bond acceptors (Lipinski definition) is 0. The largest absolute Gasteiger partial charge is 0.120 e. The standard InChI is InChI=1S/C12H8/c1-2-4-6-8-10-12-11-9-7-5-3-1/h1-2,5-8,11-12H. The summed E-state index contributed by atoms with van der Waals surface area (Å²) >= 11 is 0. The minimum atomic E-state index is 1.79. The Kier molecular flexibility index (Phi) is 3.98. The van der Waals surface area contributed by atoms with Crippen LogP contribution in [0.5, 0.6) is 0 Å². The summed E-state index contributed by atoms with van der Waals surface area (Å²) in [5.74, 6) is 0. The second-order valence-electron chi connectivity index (χ2n) is 2.00. The summed E-state index contributed by atoms with van der Waals surface area (Å²) in [6.07, 6.45) is 14.3. The molecule has 12 heavy (non-hydrogen) atoms. The van der Waals surface area contributed by atoms with Gasteiger partial charge >= 0.3 is 0 Å². The molecule has 0 spiro atoms. The van der Waals surface area contributed by atoms with Crippen LogP contribution in [0.15, 0.2) is 71.5 Å². The molecule has 56 valence electrons. The quantitative estimate of drug-likeness (QED) is 0.468. The van der Waals surface area contributed by atoms with Crippen molar-refractivity contribution >= 4 is 0 Å². The van der Waals surface area contributed by atoms with Gasteiger partial charge in [-0.1, -0.05) is 0 Å². The molecule has 0 saturated carbocycles. The maximum atomic E-state index is 2.93. The molecule has 0 aromatic rings. The van der Waals surface area contributed by atoms with Crippen molar-refractivity contribution in [3.8, 4) is 0 Å². The zero-order chi connectivity index (χ0) is 8.49. The van der Waals surface area contributed by atoms with Gasteiger partial charge < -0.3 is 0 Å². The van der Waals surface area contributed by atoms with Gasteiger partial charge in [-0.3, -0.25) is 0 Å². The van der Waals surface area contributed by atoms with E-state index in [2.05, 4.69) is 22.9 Å². The van der Waals surface area contributed by atoms with Crippen molar-refractivity contribution in [2.24, 2.45) is 0 Å². The molecule has 0 amide bonds. The predicted molar refractivity (Wildman–Crippen MR) is 50.6 cm³/mol. The Hall–Kier alpha value is -1.92. The molecular formula is C12H8. The van der Waals surface area contributed by atoms with E-state index in [1.165, 1.54) is 0 Å². The van der Waals surface area contributed by atoms with Crippen LogP contribution in [0.4, 0.5) is 0 Å². The third-order valence-corrected chi connectivity index (χ3v) is 1.10. The minimum Gasteiger partial charge on any atom is -0.120 e. The Morgan fingerprint density at radius 3 is 0.667 bits per heavy atom. The van der Waals surface area contributed by atoms with Crippen molar-refractivity contribution in [2.75, 3.05) is 0 Å². The van der Waals surface area contributed by atoms with Gasteiger partial charge in [0.2, 0.25) is 0 Å². The second-order valence-corrected chi connectivity index (χ2v) is 2.00. The number of allylic oxidation sites excluding steroid dienone is 4. The van der Waals surface area contributed by atoms with Gasteiger partial charge in [-0.05, 0) is 48.6 Å². The molecule has 1 aliphatic carbocycles. The van der Waals surface area contributed by atoms with Crippen LogP contribution in [0, 0.1) is 0 Å². The van der Waals surface area contributed by atoms with E-state index in [9.17, 15) is 0 Å². The highest BCUT2D eigenvalue weighted by molar-refractivity contribution is 5.14. The third-order valence-electron chi connectivity index (χ3n) is 1.10. The van der Waals surface area contributed by atoms with E-state index < -0.39 is 0 Å². The van der Waals surface area contributed by atoms with Crippen molar-refractivity contribution in [3.63, 3.8) is 0 Å². The predicted octanol–water partition coefficient (Wildman–Crippen LogP) is 2.85. The number of rotatable bonds is 0. The lowest BCUT2D eigenvalue weighted by Gasteiger charge is -1.66. The van der Waals surface area contributed by atoms with E-state index in [0.29, 0.717) is 0 Å². The van der Waals surface area contributed by atoms with Crippen molar-refractivity contribution < 1.29 is 0 Å². The molecule has 0 N–H and O–H groups in total. The molecule has 1 aliphatic rings. The van der Waals surface area contributed by atoms with Crippen LogP contribution >= 0.6 is 0 Å². The Morgan fingerprint density at radius 1 is 0.333 bits per heavy atom. The Bertz CT molecular complexity index is 274. The van der Waals surface area contributed by atoms with Crippen LogP contribution in [0.2, 0.25) is 0 Å². The molecule has 0 fully saturated rings. The first-order valence-electron chi connectivity index (χ1n) is 3.64. The molecule has 0 aromatic heterocycles. The fourth-order valence-corrected chi connectivity index (χ4v) is 0.607. The summed E-state index contributed by atoms with van der Waals surface area (Å²) in [7, 11) is 0. The average Bonchev–Trinajstić information content (AvgIpc) is 2.05. The van der Waals surface area contributed by atoms with Gasteiger partial charge in [0, 0.05) is 0 Å². The summed E-state index contributed by atoms with van der Waals surface area (Å²) in [6.45, 7) is 0. The molecule has 0 atom stereocenters. The summed E-state index contributed by atoms with van der Waals surface area (Å²) in [5.41, 5.74) is 11.7. The van der Waals surface area contributed by atoms with E-state index in [1.807, 2.05) is 0 Å². The molecule has 0 saturated heterocycles. The van der Waals surface area contributed by atoms with E-state index in [-0.39, 0.29) is 0 Å². The van der Waals surface area contributed by atoms with Crippen LogP contribution < -0.4 is 0 Å². The molecule has 0 heterocycles. The van der Waals surface area contributed by atoms with Gasteiger partial charge in [-0.15, -0.1) is 22.9 Å². The Labute approximate surface area is 72.2 Å². The molecular weight excluding hydrogens is 144 g/mol. The van der Waals surface area contributed by atoms with Crippen LogP contribution in [-0.2, 0) is 0 Å². The lowest BCUT2D eigenvalue weighted by atomic mass is 10.4. The van der Waals surface area contributed by atoms with Gasteiger partial charge in [0.1, 0.15) is 0 Å². The van der Waals surface area contributed by atoms with Crippen LogP contribution in [0.1, 0.15) is 0 Å². The normalized spacial score (nSPS) is 13.3. The SMILES string of the molecule is C1=CC=C=CC=C=CC=C=CC=1. The molecule has 0 aromatic carbocycles. The molecule has 0 radical (unpaired) electrons. The van der Waals surface area contributed by atoms with Gasteiger partial charge in [0.15, 0.2) is 0 Å². The molecule has 1 rings (SSSR count). The van der Waals surface area contributed by atoms with Gasteiger partial charge in [0.25, 0.3) is 0 Å². The van der Waals surface area contributed by atoms with Gasteiger partial charge in [-0.2, -0.15) is 0 Å². The topological polar surface area (TPSA) is 0 Å². The molecule has 0 aliphatic heterocycles. The highest BCUT2D eigenvalue weighted by Gasteiger charge is 1.59. The molecule has 0 bridgehead atoms. The van der Waals surface area contributed by atoms with Crippen molar-refractivity contribution in [1.29, 1.82) is 0 Å². The second kappa shape index (κ2) is 5.83. The monoisotopic (exact) mass is 152 g/mol. The highest BCUT2D eigenvalue weighted by Crippen LogP contribution is 1.78. The summed E-state index contributed by atoms with van der Waals surface area (Å²) in [6, 6.07) is 0. The third kappa shape index (κ3) is 3.99. The van der Waals surface area contributed by atoms with E-state index >= 15 is 0 Å². The zero-order valence-electron chi connectivity index (χ0n) is 6.62. The Balaban J connectivity index is 3.00. The zero-order valence-corrected chi connectivity index (χ0v) is 6.62.